The molecule has 0 fully saturated rings. The number of nitrogens with one attached hydrogen (secondary N) is 2. The molecule has 45 heavy (non-hydrogen) atoms. The molecule has 0 saturated carbocycles. The quantitative estimate of drug-likeness (QED) is 0.0672. The van der Waals surface area contributed by atoms with E-state index < -0.39 is 47.7 Å². The molecule has 254 valence electrons. The Hall–Kier alpha value is -3.87. The number of urea groups is 1. The van der Waals surface area contributed by atoms with Crippen molar-refractivity contribution in [2.75, 3.05) is 19.8 Å². The summed E-state index contributed by atoms with van der Waals surface area (Å²) in [6, 6.07) is 5.35. The minimum Gasteiger partial charge on any atom is -0.465 e. The normalized spacial score (nSPS) is 12.6. The zero-order valence-corrected chi connectivity index (χ0v) is 27.6. The van der Waals surface area contributed by atoms with Crippen LogP contribution in [0.4, 0.5) is 9.59 Å². The molecule has 0 radical (unpaired) electrons. The van der Waals surface area contributed by atoms with Gasteiger partial charge in [0.25, 0.3) is 0 Å². The third-order valence-electron chi connectivity index (χ3n) is 5.92. The van der Waals surface area contributed by atoms with Crippen molar-refractivity contribution >= 4 is 30.0 Å². The molecule has 0 spiro atoms. The highest BCUT2D eigenvalue weighted by Gasteiger charge is 2.35. The van der Waals surface area contributed by atoms with Crippen LogP contribution < -0.4 is 10.6 Å². The summed E-state index contributed by atoms with van der Waals surface area (Å²) in [7, 11) is 0. The highest BCUT2D eigenvalue weighted by Crippen LogP contribution is 2.16. The predicted octanol–water partition coefficient (Wildman–Crippen LogP) is 4.74. The maximum atomic E-state index is 13.1. The summed E-state index contributed by atoms with van der Waals surface area (Å²) in [6.45, 7) is 13.0. The van der Waals surface area contributed by atoms with Crippen LogP contribution >= 0.6 is 0 Å². The molecule has 0 aromatic heterocycles. The molecule has 3 amide bonds. The molecule has 3 N–H and O–H groups in total. The van der Waals surface area contributed by atoms with Gasteiger partial charge in [-0.05, 0) is 63.9 Å². The van der Waals surface area contributed by atoms with Crippen LogP contribution in [0.1, 0.15) is 86.1 Å². The fourth-order valence-corrected chi connectivity index (χ4v) is 3.69. The smallest absolute Gasteiger partial charge is 0.407 e. The van der Waals surface area contributed by atoms with E-state index in [9.17, 15) is 29.2 Å². The van der Waals surface area contributed by atoms with Gasteiger partial charge in [-0.1, -0.05) is 58.0 Å². The Kier molecular flexibility index (Phi) is 17.6. The van der Waals surface area contributed by atoms with Crippen LogP contribution in [0.5, 0.6) is 0 Å². The Bertz CT molecular complexity index is 1070. The van der Waals surface area contributed by atoms with Gasteiger partial charge in [0.05, 0.1) is 13.2 Å². The number of esters is 3. The largest absolute Gasteiger partial charge is 0.465 e. The lowest BCUT2D eigenvalue weighted by atomic mass is 10.1. The molecule has 13 nitrogen and oxygen atoms in total. The SMILES string of the molecule is CC(C)COC(=O)CC[C@H](NC(=O)N(O)[C@@H](CCCCNC(=O)OCc1ccccc1)C(=O)OC(C)(C)C)C(=O)OCC(C)C. The first kappa shape index (κ1) is 39.2. The molecule has 0 unspecified atom stereocenters. The molecular weight excluding hydrogens is 586 g/mol. The van der Waals surface area contributed by atoms with Crippen LogP contribution in [-0.4, -0.2) is 77.7 Å². The first-order chi connectivity index (χ1) is 21.1. The van der Waals surface area contributed by atoms with E-state index in [1.807, 2.05) is 58.0 Å². The molecule has 1 aromatic rings. The van der Waals surface area contributed by atoms with Gasteiger partial charge in [-0.25, -0.2) is 19.2 Å². The van der Waals surface area contributed by atoms with Gasteiger partial charge >= 0.3 is 30.0 Å². The highest BCUT2D eigenvalue weighted by atomic mass is 16.6. The number of carbonyl (C=O) groups is 5. The third kappa shape index (κ3) is 17.9. The fraction of sp³-hybridized carbons (Fsp3) is 0.656. The van der Waals surface area contributed by atoms with Crippen LogP contribution in [0.25, 0.3) is 0 Å². The topological polar surface area (TPSA) is 170 Å². The summed E-state index contributed by atoms with van der Waals surface area (Å²) in [5.41, 5.74) is -0.0633. The summed E-state index contributed by atoms with van der Waals surface area (Å²) in [4.78, 5) is 63.0. The van der Waals surface area contributed by atoms with Crippen molar-refractivity contribution in [1.82, 2.24) is 15.7 Å². The highest BCUT2D eigenvalue weighted by molar-refractivity contribution is 5.87. The van der Waals surface area contributed by atoms with Crippen molar-refractivity contribution in [2.45, 2.75) is 105 Å². The summed E-state index contributed by atoms with van der Waals surface area (Å²) in [5.74, 6) is -2.05. The molecule has 0 saturated heterocycles. The van der Waals surface area contributed by atoms with Crippen molar-refractivity contribution in [2.24, 2.45) is 11.8 Å². The monoisotopic (exact) mass is 637 g/mol. The number of nitrogens with zero attached hydrogens (tertiary/aromatic N) is 1. The number of unbranched alkanes of at least 4 members (excludes halogenated alkanes) is 1. The van der Waals surface area contributed by atoms with Crippen LogP contribution in [0.2, 0.25) is 0 Å². The van der Waals surface area contributed by atoms with Gasteiger partial charge in [0.2, 0.25) is 0 Å². The number of carbonyl (C=O) groups excluding carboxylic acids is 5. The van der Waals surface area contributed by atoms with E-state index in [1.54, 1.807) is 20.8 Å². The Morgan fingerprint density at radius 3 is 2.07 bits per heavy atom. The molecule has 0 bridgehead atoms. The molecule has 0 heterocycles. The minimum absolute atomic E-state index is 0.0104. The molecular formula is C32H51N3O10. The first-order valence-corrected chi connectivity index (χ1v) is 15.4. The zero-order valence-electron chi connectivity index (χ0n) is 27.6. The van der Waals surface area contributed by atoms with E-state index in [-0.39, 0.29) is 62.5 Å². The lowest BCUT2D eigenvalue weighted by Gasteiger charge is -2.29. The second-order valence-electron chi connectivity index (χ2n) is 12.5. The molecule has 2 atom stereocenters. The Morgan fingerprint density at radius 1 is 0.844 bits per heavy atom. The van der Waals surface area contributed by atoms with E-state index in [0.29, 0.717) is 12.8 Å². The van der Waals surface area contributed by atoms with E-state index in [1.165, 1.54) is 0 Å². The van der Waals surface area contributed by atoms with E-state index in [0.717, 1.165) is 5.56 Å². The van der Waals surface area contributed by atoms with E-state index in [2.05, 4.69) is 10.6 Å². The molecule has 1 rings (SSSR count). The van der Waals surface area contributed by atoms with Crippen molar-refractivity contribution in [3.63, 3.8) is 0 Å². The van der Waals surface area contributed by atoms with Gasteiger partial charge in [-0.2, -0.15) is 5.06 Å². The maximum Gasteiger partial charge on any atom is 0.407 e. The van der Waals surface area contributed by atoms with Crippen molar-refractivity contribution in [1.29, 1.82) is 0 Å². The van der Waals surface area contributed by atoms with Crippen LogP contribution in [0, 0.1) is 11.8 Å². The van der Waals surface area contributed by atoms with E-state index >= 15 is 0 Å². The van der Waals surface area contributed by atoms with Gasteiger partial charge in [-0.3, -0.25) is 10.0 Å². The fourth-order valence-electron chi connectivity index (χ4n) is 3.69. The second kappa shape index (κ2) is 20.2. The van der Waals surface area contributed by atoms with Gasteiger partial charge in [0.1, 0.15) is 18.2 Å². The number of hydroxylamine groups is 2. The summed E-state index contributed by atoms with van der Waals surface area (Å²) in [6.07, 6.45) is -0.225. The lowest BCUT2D eigenvalue weighted by molar-refractivity contribution is -0.174. The first-order valence-electron chi connectivity index (χ1n) is 15.4. The van der Waals surface area contributed by atoms with Crippen molar-refractivity contribution < 1.29 is 48.1 Å². The number of ether oxygens (including phenoxy) is 4. The minimum atomic E-state index is -1.42. The average Bonchev–Trinajstić information content (AvgIpc) is 2.96. The van der Waals surface area contributed by atoms with Crippen LogP contribution in [0.15, 0.2) is 30.3 Å². The Morgan fingerprint density at radius 2 is 1.47 bits per heavy atom. The van der Waals surface area contributed by atoms with Gasteiger partial charge in [-0.15, -0.1) is 0 Å². The third-order valence-corrected chi connectivity index (χ3v) is 5.92. The van der Waals surface area contributed by atoms with E-state index in [4.69, 9.17) is 18.9 Å². The average molecular weight is 638 g/mol. The van der Waals surface area contributed by atoms with Gasteiger partial charge in [0, 0.05) is 13.0 Å². The number of benzene rings is 1. The molecule has 1 aromatic carbocycles. The summed E-state index contributed by atoms with van der Waals surface area (Å²) in [5, 5.41) is 16.0. The van der Waals surface area contributed by atoms with Crippen molar-refractivity contribution in [3.05, 3.63) is 35.9 Å². The standard InChI is InChI=1S/C32H51N3O10/c1-22(2)19-42-27(36)17-16-25(28(37)43-20-23(3)4)34-30(39)35(41)26(29(38)45-32(5,6)7)15-11-12-18-33-31(40)44-21-24-13-9-8-10-14-24/h8-10,13-14,22-23,25-26,41H,11-12,15-21H2,1-7H3,(H,33,40)(H,34,39)/t25-,26-/m0/s1. The number of rotatable bonds is 18. The Balaban J connectivity index is 2.82. The molecule has 13 heteroatoms. The summed E-state index contributed by atoms with van der Waals surface area (Å²) < 4.78 is 21.0. The second-order valence-corrected chi connectivity index (χ2v) is 12.5. The Labute approximate surface area is 266 Å². The number of alkyl carbamates (subject to hydrolysis) is 1. The van der Waals surface area contributed by atoms with Crippen LogP contribution in [0.3, 0.4) is 0 Å². The number of amides is 3. The maximum absolute atomic E-state index is 13.1. The molecule has 0 aliphatic rings. The predicted molar refractivity (Wildman–Crippen MR) is 165 cm³/mol. The number of hydrogen-bond donors (Lipinski definition) is 3. The van der Waals surface area contributed by atoms with Gasteiger partial charge in [0.15, 0.2) is 6.04 Å². The van der Waals surface area contributed by atoms with Crippen LogP contribution in [-0.2, 0) is 39.9 Å². The molecule has 0 aliphatic carbocycles. The zero-order chi connectivity index (χ0) is 34.0. The van der Waals surface area contributed by atoms with Gasteiger partial charge < -0.3 is 29.6 Å². The lowest BCUT2D eigenvalue weighted by Crippen LogP contribution is -2.53. The van der Waals surface area contributed by atoms with Crippen molar-refractivity contribution in [3.8, 4) is 0 Å². The molecule has 0 aliphatic heterocycles. The summed E-state index contributed by atoms with van der Waals surface area (Å²) >= 11 is 0. The number of hydrogen-bond acceptors (Lipinski definition) is 10.